The zero-order valence-corrected chi connectivity index (χ0v) is 13.5. The molecule has 112 valence electrons. The Kier molecular flexibility index (Phi) is 4.20. The molecule has 0 aliphatic heterocycles. The fourth-order valence-corrected chi connectivity index (χ4v) is 2.53. The van der Waals surface area contributed by atoms with E-state index in [0.29, 0.717) is 10.6 Å². The smallest absolute Gasteiger partial charge is 0.127 e. The van der Waals surface area contributed by atoms with Crippen LogP contribution >= 0.6 is 12.2 Å². The Morgan fingerprint density at radius 2 is 1.73 bits per heavy atom. The molecule has 0 fully saturated rings. The molecule has 3 rings (SSSR count). The van der Waals surface area contributed by atoms with Crippen LogP contribution in [0.15, 0.2) is 48.5 Å². The third kappa shape index (κ3) is 3.02. The predicted octanol–water partition coefficient (Wildman–Crippen LogP) is 4.99. The van der Waals surface area contributed by atoms with Gasteiger partial charge in [-0.25, -0.2) is 0 Å². The Balaban J connectivity index is 1.98. The Morgan fingerprint density at radius 1 is 1.05 bits per heavy atom. The summed E-state index contributed by atoms with van der Waals surface area (Å²) in [5, 5.41) is 9.41. The third-order valence-electron chi connectivity index (χ3n) is 3.41. The molecule has 3 nitrogen and oxygen atoms in total. The van der Waals surface area contributed by atoms with Crippen molar-refractivity contribution in [3.63, 3.8) is 0 Å². The average molecular weight is 310 g/mol. The third-order valence-corrected chi connectivity index (χ3v) is 3.72. The van der Waals surface area contributed by atoms with E-state index in [9.17, 15) is 0 Å². The number of nitrogens with zero attached hydrogens (tertiary/aromatic N) is 1. The van der Waals surface area contributed by atoms with Crippen LogP contribution in [0.1, 0.15) is 13.8 Å². The van der Waals surface area contributed by atoms with Crippen LogP contribution in [0.2, 0.25) is 0 Å². The summed E-state index contributed by atoms with van der Waals surface area (Å²) in [6.07, 6.45) is 0. The maximum absolute atomic E-state index is 5.72. The summed E-state index contributed by atoms with van der Waals surface area (Å²) in [7, 11) is 0. The zero-order valence-electron chi connectivity index (χ0n) is 12.7. The van der Waals surface area contributed by atoms with Gasteiger partial charge in [-0.2, -0.15) is 5.10 Å². The minimum absolute atomic E-state index is 0.513. The van der Waals surface area contributed by atoms with E-state index in [-0.39, 0.29) is 0 Å². The van der Waals surface area contributed by atoms with Crippen molar-refractivity contribution in [2.45, 2.75) is 13.8 Å². The molecule has 2 aromatic carbocycles. The molecule has 0 aliphatic carbocycles. The van der Waals surface area contributed by atoms with Crippen molar-refractivity contribution in [2.75, 3.05) is 6.61 Å². The monoisotopic (exact) mass is 310 g/mol. The van der Waals surface area contributed by atoms with Gasteiger partial charge in [-0.15, -0.1) is 0 Å². The molecule has 1 heterocycles. The molecule has 0 amide bonds. The van der Waals surface area contributed by atoms with Crippen molar-refractivity contribution < 1.29 is 4.74 Å². The second-order valence-corrected chi connectivity index (χ2v) is 6.08. The van der Waals surface area contributed by atoms with E-state index in [1.165, 1.54) is 0 Å². The predicted molar refractivity (Wildman–Crippen MR) is 92.7 cm³/mol. The molecule has 4 heteroatoms. The first-order valence-electron chi connectivity index (χ1n) is 7.36. The van der Waals surface area contributed by atoms with Gasteiger partial charge in [-0.05, 0) is 30.2 Å². The van der Waals surface area contributed by atoms with Gasteiger partial charge in [0.25, 0.3) is 0 Å². The molecule has 1 N–H and O–H groups in total. The minimum atomic E-state index is 0.513. The lowest BCUT2D eigenvalue weighted by Gasteiger charge is -2.10. The summed E-state index contributed by atoms with van der Waals surface area (Å²) in [5.41, 5.74) is 1.94. The molecular weight excluding hydrogens is 292 g/mol. The maximum Gasteiger partial charge on any atom is 0.127 e. The van der Waals surface area contributed by atoms with Gasteiger partial charge >= 0.3 is 0 Å². The van der Waals surface area contributed by atoms with Crippen molar-refractivity contribution in [3.8, 4) is 17.0 Å². The summed E-state index contributed by atoms with van der Waals surface area (Å²) in [6.45, 7) is 4.99. The maximum atomic E-state index is 5.72. The van der Waals surface area contributed by atoms with Gasteiger partial charge < -0.3 is 4.74 Å². The molecule has 0 spiro atoms. The molecular formula is C18H18N2OS. The van der Waals surface area contributed by atoms with Crippen LogP contribution in [0, 0.1) is 10.6 Å². The Morgan fingerprint density at radius 3 is 2.41 bits per heavy atom. The van der Waals surface area contributed by atoms with Crippen molar-refractivity contribution in [1.29, 1.82) is 0 Å². The molecule has 0 bridgehead atoms. The highest BCUT2D eigenvalue weighted by Crippen LogP contribution is 2.27. The van der Waals surface area contributed by atoms with Crippen LogP contribution in [-0.4, -0.2) is 16.8 Å². The first kappa shape index (κ1) is 14.7. The number of H-pyrrole nitrogens is 1. The van der Waals surface area contributed by atoms with Crippen LogP contribution in [0.3, 0.4) is 0 Å². The van der Waals surface area contributed by atoms with E-state index in [4.69, 9.17) is 17.0 Å². The summed E-state index contributed by atoms with van der Waals surface area (Å²) < 4.78 is 6.38. The van der Waals surface area contributed by atoms with Gasteiger partial charge in [0.1, 0.15) is 10.4 Å². The van der Waals surface area contributed by atoms with E-state index < -0.39 is 0 Å². The van der Waals surface area contributed by atoms with E-state index in [1.807, 2.05) is 48.5 Å². The second-order valence-electron chi connectivity index (χ2n) is 5.68. The average Bonchev–Trinajstić information content (AvgIpc) is 2.54. The quantitative estimate of drug-likeness (QED) is 0.690. The Labute approximate surface area is 135 Å². The SMILES string of the molecule is CC(C)COc1ccc(-c2n[nH]c(=S)c3ccccc23)cc1. The standard InChI is InChI=1S/C18H18N2OS/c1-12(2)11-21-14-9-7-13(8-10-14)17-15-5-3-4-6-16(15)18(22)20-19-17/h3-10,12H,11H2,1-2H3,(H,20,22). The number of benzene rings is 2. The van der Waals surface area contributed by atoms with Crippen LogP contribution in [-0.2, 0) is 0 Å². The molecule has 22 heavy (non-hydrogen) atoms. The van der Waals surface area contributed by atoms with Gasteiger partial charge in [-0.1, -0.05) is 50.3 Å². The van der Waals surface area contributed by atoms with Crippen LogP contribution in [0.5, 0.6) is 5.75 Å². The van der Waals surface area contributed by atoms with Gasteiger partial charge in [0.05, 0.1) is 12.3 Å². The largest absolute Gasteiger partial charge is 0.493 e. The molecule has 3 aromatic rings. The lowest BCUT2D eigenvalue weighted by Crippen LogP contribution is -2.04. The molecule has 0 radical (unpaired) electrons. The first-order valence-corrected chi connectivity index (χ1v) is 7.76. The summed E-state index contributed by atoms with van der Waals surface area (Å²) >= 11 is 5.30. The van der Waals surface area contributed by atoms with Gasteiger partial charge in [-0.3, -0.25) is 5.10 Å². The molecule has 0 aliphatic rings. The number of nitrogens with one attached hydrogen (secondary N) is 1. The number of hydrogen-bond acceptors (Lipinski definition) is 3. The van der Waals surface area contributed by atoms with Crippen molar-refractivity contribution in [3.05, 3.63) is 53.2 Å². The van der Waals surface area contributed by atoms with Gasteiger partial charge in [0, 0.05) is 16.3 Å². The normalized spacial score (nSPS) is 11.0. The van der Waals surface area contributed by atoms with Crippen LogP contribution in [0.25, 0.3) is 22.0 Å². The van der Waals surface area contributed by atoms with E-state index in [1.54, 1.807) is 0 Å². The van der Waals surface area contributed by atoms with E-state index in [0.717, 1.165) is 34.4 Å². The highest BCUT2D eigenvalue weighted by Gasteiger charge is 2.07. The second kappa shape index (κ2) is 6.28. The number of rotatable bonds is 4. The lowest BCUT2D eigenvalue weighted by molar-refractivity contribution is 0.271. The molecule has 0 saturated carbocycles. The number of aromatic amines is 1. The molecule has 0 unspecified atom stereocenters. The Hall–Kier alpha value is -2.20. The highest BCUT2D eigenvalue weighted by atomic mass is 32.1. The molecule has 1 aromatic heterocycles. The number of hydrogen-bond donors (Lipinski definition) is 1. The van der Waals surface area contributed by atoms with E-state index in [2.05, 4.69) is 24.0 Å². The fourth-order valence-electron chi connectivity index (χ4n) is 2.31. The molecule has 0 atom stereocenters. The summed E-state index contributed by atoms with van der Waals surface area (Å²) in [4.78, 5) is 0. The number of ether oxygens (including phenoxy) is 1. The van der Waals surface area contributed by atoms with Crippen molar-refractivity contribution in [1.82, 2.24) is 10.2 Å². The van der Waals surface area contributed by atoms with Gasteiger partial charge in [0.15, 0.2) is 0 Å². The van der Waals surface area contributed by atoms with Gasteiger partial charge in [0.2, 0.25) is 0 Å². The van der Waals surface area contributed by atoms with Crippen molar-refractivity contribution in [2.24, 2.45) is 5.92 Å². The summed E-state index contributed by atoms with van der Waals surface area (Å²) in [5.74, 6) is 1.39. The zero-order chi connectivity index (χ0) is 15.5. The lowest BCUT2D eigenvalue weighted by atomic mass is 10.1. The summed E-state index contributed by atoms with van der Waals surface area (Å²) in [6, 6.07) is 16.1. The topological polar surface area (TPSA) is 37.9 Å². The van der Waals surface area contributed by atoms with E-state index >= 15 is 0 Å². The highest BCUT2D eigenvalue weighted by molar-refractivity contribution is 7.71. The number of fused-ring (bicyclic) bond motifs is 1. The number of aromatic nitrogens is 2. The van der Waals surface area contributed by atoms with Crippen LogP contribution in [0.4, 0.5) is 0 Å². The van der Waals surface area contributed by atoms with Crippen LogP contribution < -0.4 is 4.74 Å². The fraction of sp³-hybridized carbons (Fsp3) is 0.222. The minimum Gasteiger partial charge on any atom is -0.493 e. The molecule has 0 saturated heterocycles. The van der Waals surface area contributed by atoms with Crippen molar-refractivity contribution >= 4 is 23.0 Å². The first-order chi connectivity index (χ1) is 10.6. The Bertz CT molecular complexity index is 838.